The standard InChI is InChI=1S/C38H47N5O7S2.Na/c1-21(2)30-20-51-35(40-30)29-18-32(26-13-14-31(49-5)22(3)33(26)39-29)50-24-16-27-28(17-24)36(45)43(4)15-9-7-6-8-10-23-19-38(23,41-34(27)44)37(46)42-52(47,48)25-11-12-25;/h8,10,13-14,18,20-21,23-25,27-28H,6-7,9,11-12,15-17,19H2,1-5H3,(H,41,44)(H,42,46);/b10-8+;/t23-,24-,27-,28-,38-;/m1./s1. The number of carbonyl (C=O) groups excluding carboxylic acids is 3. The molecule has 3 saturated carbocycles. The Kier molecular flexibility index (Phi) is 11.7. The molecule has 0 bridgehead atoms. The molecule has 3 fully saturated rings. The number of nitrogens with one attached hydrogen (secondary N) is 2. The second-order valence-corrected chi connectivity index (χ2v) is 17.9. The molecule has 1 aromatic carbocycles. The molecule has 0 spiro atoms. The third-order valence-corrected chi connectivity index (χ3v) is 13.7. The quantitative estimate of drug-likeness (QED) is 0.241. The van der Waals surface area contributed by atoms with Crippen LogP contribution in [0, 0.1) is 24.7 Å². The van der Waals surface area contributed by atoms with Gasteiger partial charge in [0.25, 0.3) is 5.91 Å². The van der Waals surface area contributed by atoms with Gasteiger partial charge in [-0.2, -0.15) is 0 Å². The predicted octanol–water partition coefficient (Wildman–Crippen LogP) is 4.87. The Balaban J connectivity index is 0.00000481. The zero-order valence-corrected chi connectivity index (χ0v) is 34.9. The van der Waals surface area contributed by atoms with Gasteiger partial charge in [0.15, 0.2) is 0 Å². The minimum atomic E-state index is -3.83. The molecule has 0 saturated heterocycles. The van der Waals surface area contributed by atoms with Crippen molar-refractivity contribution in [2.24, 2.45) is 17.8 Å². The van der Waals surface area contributed by atoms with Crippen LogP contribution in [-0.4, -0.2) is 108 Å². The van der Waals surface area contributed by atoms with E-state index in [4.69, 9.17) is 19.4 Å². The maximum atomic E-state index is 14.3. The number of carbonyl (C=O) groups is 3. The fraction of sp³-hybridized carbons (Fsp3) is 0.553. The van der Waals surface area contributed by atoms with Gasteiger partial charge >= 0.3 is 0 Å². The van der Waals surface area contributed by atoms with Gasteiger partial charge in [0, 0.05) is 71.5 Å². The van der Waals surface area contributed by atoms with Crippen molar-refractivity contribution in [1.29, 1.82) is 0 Å². The van der Waals surface area contributed by atoms with E-state index in [0.717, 1.165) is 40.9 Å². The first-order valence-corrected chi connectivity index (χ1v) is 20.6. The van der Waals surface area contributed by atoms with Gasteiger partial charge in [0.1, 0.15) is 33.8 Å². The van der Waals surface area contributed by atoms with Crippen molar-refractivity contribution >= 4 is 79.5 Å². The Morgan fingerprint density at radius 2 is 1.87 bits per heavy atom. The molecule has 4 aliphatic rings. The van der Waals surface area contributed by atoms with Crippen LogP contribution in [0.3, 0.4) is 0 Å². The maximum absolute atomic E-state index is 14.3. The van der Waals surface area contributed by atoms with Crippen LogP contribution in [0.2, 0.25) is 0 Å². The molecule has 53 heavy (non-hydrogen) atoms. The smallest absolute Gasteiger partial charge is 0.259 e. The Bertz CT molecular complexity index is 2050. The first kappa shape index (κ1) is 39.6. The largest absolute Gasteiger partial charge is 0.496 e. The summed E-state index contributed by atoms with van der Waals surface area (Å²) in [5, 5.41) is 5.95. The number of sulfonamides is 1. The van der Waals surface area contributed by atoms with E-state index >= 15 is 0 Å². The molecule has 7 rings (SSSR count). The summed E-state index contributed by atoms with van der Waals surface area (Å²) in [6.07, 6.45) is 7.61. The van der Waals surface area contributed by atoms with Gasteiger partial charge in [0.2, 0.25) is 21.8 Å². The maximum Gasteiger partial charge on any atom is 0.259 e. The number of allylic oxidation sites excluding steroid dienone is 1. The number of nitrogens with zero attached hydrogens (tertiary/aromatic N) is 3. The van der Waals surface area contributed by atoms with Crippen molar-refractivity contribution in [1.82, 2.24) is 24.9 Å². The number of ether oxygens (including phenoxy) is 2. The Morgan fingerprint density at radius 1 is 1.11 bits per heavy atom. The van der Waals surface area contributed by atoms with Crippen molar-refractivity contribution in [2.75, 3.05) is 20.7 Å². The van der Waals surface area contributed by atoms with Gasteiger partial charge in [-0.25, -0.2) is 18.4 Å². The number of amides is 3. The fourth-order valence-corrected chi connectivity index (χ4v) is 9.85. The van der Waals surface area contributed by atoms with Crippen molar-refractivity contribution in [3.8, 4) is 22.2 Å². The average Bonchev–Trinajstić information content (AvgIpc) is 3.98. The van der Waals surface area contributed by atoms with Crippen molar-refractivity contribution in [3.05, 3.63) is 47.0 Å². The molecule has 2 N–H and O–H groups in total. The van der Waals surface area contributed by atoms with Gasteiger partial charge in [-0.15, -0.1) is 11.3 Å². The van der Waals surface area contributed by atoms with Crippen molar-refractivity contribution < 1.29 is 32.3 Å². The number of thiazole rings is 1. The van der Waals surface area contributed by atoms with Crippen LogP contribution in [0.25, 0.3) is 21.6 Å². The summed E-state index contributed by atoms with van der Waals surface area (Å²) in [6.45, 7) is 6.69. The first-order chi connectivity index (χ1) is 24.8. The Hall–Kier alpha value is -3.04. The van der Waals surface area contributed by atoms with E-state index in [0.29, 0.717) is 48.5 Å². The minimum absolute atomic E-state index is 0. The summed E-state index contributed by atoms with van der Waals surface area (Å²) in [7, 11) is -0.445. The number of fused-ring (bicyclic) bond motifs is 3. The monoisotopic (exact) mass is 772 g/mol. The molecule has 0 unspecified atom stereocenters. The number of benzene rings is 1. The Labute approximate surface area is 337 Å². The SMILES string of the molecule is COc1ccc2c(O[C@@H]3C[C@H]4C(=O)N[C@]5(C(=O)NS(=O)(=O)C6CC6)C[C@H]5/C=C/CCCCN(C)C(=O)[C@@H]4C3)cc(-c3nc(C(C)C)cs3)nc2c1C.[Na]. The van der Waals surface area contributed by atoms with Gasteiger partial charge in [-0.3, -0.25) is 19.1 Å². The molecule has 3 amide bonds. The van der Waals surface area contributed by atoms with Crippen LogP contribution in [0.1, 0.15) is 82.4 Å². The normalized spacial score (nSPS) is 26.9. The van der Waals surface area contributed by atoms with Crippen LogP contribution in [0.15, 0.2) is 35.7 Å². The molecule has 12 nitrogen and oxygen atoms in total. The zero-order chi connectivity index (χ0) is 36.9. The summed E-state index contributed by atoms with van der Waals surface area (Å²) in [5.41, 5.74) is 1.79. The molecule has 3 heterocycles. The minimum Gasteiger partial charge on any atom is -0.496 e. The van der Waals surface area contributed by atoms with Crippen molar-refractivity contribution in [2.45, 2.75) is 94.9 Å². The predicted molar refractivity (Wildman–Crippen MR) is 204 cm³/mol. The molecule has 5 atom stereocenters. The number of hydrogen-bond acceptors (Lipinski definition) is 10. The molecule has 3 aromatic rings. The number of methoxy groups -OCH3 is 1. The number of hydrogen-bond donors (Lipinski definition) is 2. The summed E-state index contributed by atoms with van der Waals surface area (Å²) in [5.74, 6) is -1.63. The second kappa shape index (κ2) is 15.6. The van der Waals surface area contributed by atoms with E-state index < -0.39 is 50.6 Å². The summed E-state index contributed by atoms with van der Waals surface area (Å²) in [6, 6.07) is 5.66. The number of aryl methyl sites for hydroxylation is 1. The Morgan fingerprint density at radius 3 is 2.57 bits per heavy atom. The summed E-state index contributed by atoms with van der Waals surface area (Å²) in [4.78, 5) is 53.5. The third-order valence-electron chi connectivity index (χ3n) is 11.0. The van der Waals surface area contributed by atoms with E-state index in [1.54, 1.807) is 19.1 Å². The van der Waals surface area contributed by atoms with Gasteiger partial charge in [0.05, 0.1) is 35.4 Å². The van der Waals surface area contributed by atoms with E-state index in [1.165, 1.54) is 11.3 Å². The van der Waals surface area contributed by atoms with Crippen LogP contribution in [0.4, 0.5) is 0 Å². The van der Waals surface area contributed by atoms with Crippen LogP contribution in [-0.2, 0) is 24.4 Å². The van der Waals surface area contributed by atoms with E-state index in [-0.39, 0.29) is 60.1 Å². The number of rotatable bonds is 8. The molecule has 1 radical (unpaired) electrons. The molecular weight excluding hydrogens is 726 g/mol. The van der Waals surface area contributed by atoms with Gasteiger partial charge in [-0.05, 0) is 76.3 Å². The van der Waals surface area contributed by atoms with Crippen LogP contribution in [0.5, 0.6) is 11.5 Å². The van der Waals surface area contributed by atoms with Crippen LogP contribution < -0.4 is 19.5 Å². The molecule has 2 aromatic heterocycles. The number of pyridine rings is 1. The number of aromatic nitrogens is 2. The summed E-state index contributed by atoms with van der Waals surface area (Å²) >= 11 is 1.51. The fourth-order valence-electron chi connectivity index (χ4n) is 7.55. The topological polar surface area (TPSA) is 157 Å². The van der Waals surface area contributed by atoms with E-state index in [1.807, 2.05) is 42.7 Å². The molecule has 15 heteroatoms. The molecule has 1 aliphatic heterocycles. The molecule has 3 aliphatic carbocycles. The van der Waals surface area contributed by atoms with Gasteiger partial charge < -0.3 is 19.7 Å². The first-order valence-electron chi connectivity index (χ1n) is 18.2. The van der Waals surface area contributed by atoms with Crippen molar-refractivity contribution in [3.63, 3.8) is 0 Å². The van der Waals surface area contributed by atoms with E-state index in [2.05, 4.69) is 23.9 Å². The average molecular weight is 773 g/mol. The van der Waals surface area contributed by atoms with E-state index in [9.17, 15) is 22.8 Å². The molecular formula is C38H47N5NaO7S2. The van der Waals surface area contributed by atoms with Gasteiger partial charge in [-0.1, -0.05) is 26.0 Å². The second-order valence-electron chi connectivity index (χ2n) is 15.1. The van der Waals surface area contributed by atoms with Crippen LogP contribution >= 0.6 is 11.3 Å². The zero-order valence-electron chi connectivity index (χ0n) is 31.3. The molecule has 279 valence electrons. The third kappa shape index (κ3) is 8.03. The summed E-state index contributed by atoms with van der Waals surface area (Å²) < 4.78 is 40.2.